The molecule has 0 radical (unpaired) electrons. The van der Waals surface area contributed by atoms with Crippen LogP contribution in [0.3, 0.4) is 0 Å². The van der Waals surface area contributed by atoms with Gasteiger partial charge < -0.3 is 19.4 Å². The summed E-state index contributed by atoms with van der Waals surface area (Å²) >= 11 is 0. The average Bonchev–Trinajstić information content (AvgIpc) is 2.65. The third-order valence-electron chi connectivity index (χ3n) is 4.65. The van der Waals surface area contributed by atoms with Crippen molar-refractivity contribution in [1.29, 1.82) is 0 Å². The van der Waals surface area contributed by atoms with Crippen LogP contribution in [0.2, 0.25) is 0 Å². The number of carbonyl (C=O) groups is 2. The molecule has 1 aromatic carbocycles. The summed E-state index contributed by atoms with van der Waals surface area (Å²) in [6, 6.07) is 4.79. The van der Waals surface area contributed by atoms with Crippen molar-refractivity contribution >= 4 is 29.1 Å². The largest absolute Gasteiger partial charge is 0.444 e. The highest BCUT2D eigenvalue weighted by atomic mass is 16.6. The Hall–Kier alpha value is -2.84. The molecule has 2 amide bonds. The van der Waals surface area contributed by atoms with Gasteiger partial charge in [0, 0.05) is 51.4 Å². The van der Waals surface area contributed by atoms with Crippen LogP contribution in [0.1, 0.15) is 40.5 Å². The van der Waals surface area contributed by atoms with Crippen LogP contribution in [-0.2, 0) is 9.53 Å². The Labute approximate surface area is 171 Å². The highest BCUT2D eigenvalue weighted by Gasteiger charge is 2.27. The Kier molecular flexibility index (Phi) is 7.05. The Morgan fingerprint density at radius 2 is 1.83 bits per heavy atom. The second kappa shape index (κ2) is 9.11. The van der Waals surface area contributed by atoms with Gasteiger partial charge in [-0.15, -0.1) is 0 Å². The van der Waals surface area contributed by atoms with Gasteiger partial charge >= 0.3 is 6.09 Å². The summed E-state index contributed by atoms with van der Waals surface area (Å²) in [5.74, 6) is -0.164. The Morgan fingerprint density at radius 1 is 1.21 bits per heavy atom. The van der Waals surface area contributed by atoms with Gasteiger partial charge in [0.1, 0.15) is 11.3 Å². The van der Waals surface area contributed by atoms with Crippen molar-refractivity contribution in [2.24, 2.45) is 0 Å². The average molecular weight is 406 g/mol. The van der Waals surface area contributed by atoms with E-state index in [2.05, 4.69) is 0 Å². The third-order valence-corrected chi connectivity index (χ3v) is 4.65. The van der Waals surface area contributed by atoms with E-state index in [0.29, 0.717) is 39.0 Å². The lowest BCUT2D eigenvalue weighted by molar-refractivity contribution is -0.384. The molecule has 1 aliphatic rings. The second-order valence-electron chi connectivity index (χ2n) is 8.09. The lowest BCUT2D eigenvalue weighted by atomic mass is 10.1. The molecular formula is C20H30N4O5. The molecule has 0 N–H and O–H groups in total. The van der Waals surface area contributed by atoms with Crippen LogP contribution in [-0.4, -0.2) is 60.7 Å². The van der Waals surface area contributed by atoms with Gasteiger partial charge in [-0.05, 0) is 39.3 Å². The number of nitrogens with zero attached hydrogens (tertiary/aromatic N) is 4. The molecule has 29 heavy (non-hydrogen) atoms. The van der Waals surface area contributed by atoms with Gasteiger partial charge in [0.15, 0.2) is 0 Å². The monoisotopic (exact) mass is 406 g/mol. The van der Waals surface area contributed by atoms with E-state index in [1.165, 1.54) is 11.0 Å². The number of rotatable bonds is 5. The minimum absolute atomic E-state index is 0.104. The molecule has 0 aliphatic carbocycles. The van der Waals surface area contributed by atoms with Crippen molar-refractivity contribution in [2.45, 2.75) is 46.1 Å². The van der Waals surface area contributed by atoms with Crippen LogP contribution in [0.4, 0.5) is 21.9 Å². The van der Waals surface area contributed by atoms with Crippen molar-refractivity contribution in [1.82, 2.24) is 4.90 Å². The molecule has 2 rings (SSSR count). The number of anilines is 2. The quantitative estimate of drug-likeness (QED) is 0.549. The molecule has 1 fully saturated rings. The summed E-state index contributed by atoms with van der Waals surface area (Å²) < 4.78 is 5.41. The second-order valence-corrected chi connectivity index (χ2v) is 8.09. The van der Waals surface area contributed by atoms with Gasteiger partial charge in [-0.1, -0.05) is 6.92 Å². The minimum atomic E-state index is -0.545. The van der Waals surface area contributed by atoms with Gasteiger partial charge in [0.05, 0.1) is 4.92 Å². The number of nitro groups is 1. The highest BCUT2D eigenvalue weighted by Crippen LogP contribution is 2.33. The fourth-order valence-corrected chi connectivity index (χ4v) is 3.12. The number of hydrogen-bond donors (Lipinski definition) is 0. The molecule has 0 aromatic heterocycles. The molecule has 1 aromatic rings. The molecule has 1 heterocycles. The zero-order valence-corrected chi connectivity index (χ0v) is 17.8. The number of amides is 2. The van der Waals surface area contributed by atoms with E-state index in [0.717, 1.165) is 5.69 Å². The molecule has 9 heteroatoms. The van der Waals surface area contributed by atoms with E-state index in [-0.39, 0.29) is 23.4 Å². The number of piperazine rings is 1. The van der Waals surface area contributed by atoms with E-state index in [1.807, 2.05) is 32.6 Å². The van der Waals surface area contributed by atoms with Crippen molar-refractivity contribution < 1.29 is 19.2 Å². The van der Waals surface area contributed by atoms with Crippen molar-refractivity contribution in [3.05, 3.63) is 28.3 Å². The van der Waals surface area contributed by atoms with E-state index >= 15 is 0 Å². The normalized spacial score (nSPS) is 14.5. The molecule has 1 aliphatic heterocycles. The van der Waals surface area contributed by atoms with E-state index in [4.69, 9.17) is 4.74 Å². The maximum absolute atomic E-state index is 12.3. The molecule has 1 saturated heterocycles. The summed E-state index contributed by atoms with van der Waals surface area (Å²) in [4.78, 5) is 40.5. The van der Waals surface area contributed by atoms with Crippen molar-refractivity contribution in [3.63, 3.8) is 0 Å². The third kappa shape index (κ3) is 5.82. The molecule has 160 valence electrons. The van der Waals surface area contributed by atoms with E-state index in [9.17, 15) is 19.7 Å². The van der Waals surface area contributed by atoms with Crippen LogP contribution in [0, 0.1) is 10.1 Å². The highest BCUT2D eigenvalue weighted by molar-refractivity contribution is 5.95. The fourth-order valence-electron chi connectivity index (χ4n) is 3.12. The number of benzene rings is 1. The molecule has 9 nitrogen and oxygen atoms in total. The van der Waals surface area contributed by atoms with Crippen LogP contribution in [0.5, 0.6) is 0 Å². The molecule has 0 spiro atoms. The zero-order chi connectivity index (χ0) is 21.8. The van der Waals surface area contributed by atoms with E-state index < -0.39 is 10.5 Å². The predicted molar refractivity (Wildman–Crippen MR) is 111 cm³/mol. The van der Waals surface area contributed by atoms with Crippen LogP contribution in [0.25, 0.3) is 0 Å². The first-order chi connectivity index (χ1) is 13.5. The molecule has 0 bridgehead atoms. The predicted octanol–water partition coefficient (Wildman–Crippen LogP) is 3.41. The summed E-state index contributed by atoms with van der Waals surface area (Å²) in [5.41, 5.74) is 0.413. The van der Waals surface area contributed by atoms with Gasteiger partial charge in [-0.25, -0.2) is 4.79 Å². The molecule has 0 saturated carbocycles. The summed E-state index contributed by atoms with van der Waals surface area (Å²) in [6.07, 6.45) is 0.655. The van der Waals surface area contributed by atoms with Gasteiger partial charge in [0.25, 0.3) is 5.69 Å². The summed E-state index contributed by atoms with van der Waals surface area (Å²) in [6.45, 7) is 9.51. The SMILES string of the molecule is CCCC(=O)N(C)c1cc(N2CCN(C(=O)OC(C)(C)C)CC2)ccc1[N+](=O)[O-]. The number of ether oxygens (including phenoxy) is 1. The fraction of sp³-hybridized carbons (Fsp3) is 0.600. The molecule has 0 atom stereocenters. The smallest absolute Gasteiger partial charge is 0.410 e. The first kappa shape index (κ1) is 22.4. The van der Waals surface area contributed by atoms with Crippen molar-refractivity contribution in [3.8, 4) is 0 Å². The first-order valence-corrected chi connectivity index (χ1v) is 9.81. The summed E-state index contributed by atoms with van der Waals surface area (Å²) in [5, 5.41) is 11.4. The molecular weight excluding hydrogens is 376 g/mol. The Balaban J connectivity index is 2.16. The van der Waals surface area contributed by atoms with Crippen LogP contribution in [0.15, 0.2) is 18.2 Å². The Morgan fingerprint density at radius 3 is 2.34 bits per heavy atom. The van der Waals surface area contributed by atoms with Crippen LogP contribution < -0.4 is 9.80 Å². The number of hydrogen-bond acceptors (Lipinski definition) is 6. The standard InChI is InChI=1S/C20H30N4O5/c1-6-7-18(25)21(5)17-14-15(8-9-16(17)24(27)28)22-10-12-23(13-11-22)19(26)29-20(2,3)4/h8-9,14H,6-7,10-13H2,1-5H3. The lowest BCUT2D eigenvalue weighted by Crippen LogP contribution is -2.50. The number of carbonyl (C=O) groups excluding carboxylic acids is 2. The van der Waals surface area contributed by atoms with Crippen molar-refractivity contribution in [2.75, 3.05) is 43.0 Å². The molecule has 0 unspecified atom stereocenters. The van der Waals surface area contributed by atoms with Gasteiger partial charge in [-0.2, -0.15) is 0 Å². The lowest BCUT2D eigenvalue weighted by Gasteiger charge is -2.37. The minimum Gasteiger partial charge on any atom is -0.444 e. The van der Waals surface area contributed by atoms with Crippen LogP contribution >= 0.6 is 0 Å². The number of nitro benzene ring substituents is 1. The van der Waals surface area contributed by atoms with Gasteiger partial charge in [0.2, 0.25) is 5.91 Å². The topological polar surface area (TPSA) is 96.2 Å². The zero-order valence-electron chi connectivity index (χ0n) is 17.8. The van der Waals surface area contributed by atoms with E-state index in [1.54, 1.807) is 24.1 Å². The maximum Gasteiger partial charge on any atom is 0.410 e. The Bertz CT molecular complexity index is 767. The maximum atomic E-state index is 12.3. The van der Waals surface area contributed by atoms with Gasteiger partial charge in [-0.3, -0.25) is 14.9 Å². The summed E-state index contributed by atoms with van der Waals surface area (Å²) in [7, 11) is 1.56. The first-order valence-electron chi connectivity index (χ1n) is 9.81.